The normalized spacial score (nSPS) is 10.4. The molecular formula is C15H20N4OS. The Morgan fingerprint density at radius 2 is 2.00 bits per heavy atom. The fraction of sp³-hybridized carbons (Fsp3) is 0.400. The monoisotopic (exact) mass is 304 g/mol. The molecule has 0 aliphatic heterocycles. The summed E-state index contributed by atoms with van der Waals surface area (Å²) >= 11 is 1.30. The molecule has 2 aromatic rings. The van der Waals surface area contributed by atoms with Gasteiger partial charge in [0.25, 0.3) is 5.91 Å². The number of nitrogens with one attached hydrogen (secondary N) is 1. The van der Waals surface area contributed by atoms with Gasteiger partial charge >= 0.3 is 0 Å². The van der Waals surface area contributed by atoms with Crippen molar-refractivity contribution in [2.75, 3.05) is 18.9 Å². The Morgan fingerprint density at radius 3 is 2.67 bits per heavy atom. The summed E-state index contributed by atoms with van der Waals surface area (Å²) < 4.78 is 0. The zero-order chi connectivity index (χ0) is 15.2. The van der Waals surface area contributed by atoms with Crippen molar-refractivity contribution in [2.24, 2.45) is 0 Å². The molecule has 0 aliphatic rings. The standard InChI is InChI=1S/C15H20N4OS/c1-4-9-16-15-18-17-13(21-15)14(20)19(3)10-12-7-5-11(2)6-8-12/h5-8H,4,9-10H2,1-3H3,(H,16,18). The summed E-state index contributed by atoms with van der Waals surface area (Å²) in [5.74, 6) is -0.0994. The van der Waals surface area contributed by atoms with Gasteiger partial charge in [-0.25, -0.2) is 0 Å². The van der Waals surface area contributed by atoms with Gasteiger partial charge in [-0.2, -0.15) is 0 Å². The van der Waals surface area contributed by atoms with E-state index in [1.54, 1.807) is 11.9 Å². The van der Waals surface area contributed by atoms with Crippen LogP contribution in [-0.4, -0.2) is 34.6 Å². The summed E-state index contributed by atoms with van der Waals surface area (Å²) in [7, 11) is 1.78. The van der Waals surface area contributed by atoms with Crippen molar-refractivity contribution in [1.29, 1.82) is 0 Å². The van der Waals surface area contributed by atoms with Gasteiger partial charge in [0.1, 0.15) is 0 Å². The average Bonchev–Trinajstić information content (AvgIpc) is 2.95. The number of carbonyl (C=O) groups excluding carboxylic acids is 1. The van der Waals surface area contributed by atoms with Crippen LogP contribution in [0.1, 0.15) is 34.3 Å². The zero-order valence-corrected chi connectivity index (χ0v) is 13.4. The van der Waals surface area contributed by atoms with Crippen LogP contribution in [0.4, 0.5) is 5.13 Å². The number of hydrogen-bond donors (Lipinski definition) is 1. The molecule has 0 radical (unpaired) electrons. The summed E-state index contributed by atoms with van der Waals surface area (Å²) in [6, 6.07) is 8.16. The second-order valence-corrected chi connectivity index (χ2v) is 5.96. The van der Waals surface area contributed by atoms with Crippen LogP contribution in [0.3, 0.4) is 0 Å². The Bertz CT molecular complexity index is 594. The number of amides is 1. The molecule has 1 amide bonds. The number of aromatic nitrogens is 2. The van der Waals surface area contributed by atoms with E-state index < -0.39 is 0 Å². The lowest BCUT2D eigenvalue weighted by molar-refractivity contribution is 0.0784. The second kappa shape index (κ2) is 7.17. The molecular weight excluding hydrogens is 284 g/mol. The summed E-state index contributed by atoms with van der Waals surface area (Å²) in [6.45, 7) is 5.53. The van der Waals surface area contributed by atoms with Crippen molar-refractivity contribution in [3.05, 3.63) is 40.4 Å². The molecule has 1 N–H and O–H groups in total. The summed E-state index contributed by atoms with van der Waals surface area (Å²) in [5, 5.41) is 12.2. The molecule has 2 rings (SSSR count). The summed E-state index contributed by atoms with van der Waals surface area (Å²) in [5.41, 5.74) is 2.31. The first kappa shape index (κ1) is 15.4. The quantitative estimate of drug-likeness (QED) is 0.891. The van der Waals surface area contributed by atoms with Gasteiger partial charge in [-0.15, -0.1) is 10.2 Å². The van der Waals surface area contributed by atoms with E-state index in [1.807, 2.05) is 31.2 Å². The van der Waals surface area contributed by atoms with E-state index in [1.165, 1.54) is 16.9 Å². The van der Waals surface area contributed by atoms with Crippen LogP contribution in [0.25, 0.3) is 0 Å². The largest absolute Gasteiger partial charge is 0.360 e. The van der Waals surface area contributed by atoms with E-state index in [0.29, 0.717) is 16.7 Å². The Morgan fingerprint density at radius 1 is 1.29 bits per heavy atom. The van der Waals surface area contributed by atoms with E-state index in [9.17, 15) is 4.79 Å². The molecule has 6 heteroatoms. The van der Waals surface area contributed by atoms with Crippen molar-refractivity contribution < 1.29 is 4.79 Å². The minimum atomic E-state index is -0.0994. The van der Waals surface area contributed by atoms with Crippen LogP contribution >= 0.6 is 11.3 Å². The van der Waals surface area contributed by atoms with Gasteiger partial charge in [0.05, 0.1) is 0 Å². The predicted molar refractivity (Wildman–Crippen MR) is 85.7 cm³/mol. The first-order chi connectivity index (χ1) is 10.1. The third kappa shape index (κ3) is 4.26. The molecule has 0 atom stereocenters. The number of benzene rings is 1. The van der Waals surface area contributed by atoms with Crippen LogP contribution in [0.2, 0.25) is 0 Å². The summed E-state index contributed by atoms with van der Waals surface area (Å²) in [6.07, 6.45) is 1.01. The van der Waals surface area contributed by atoms with Crippen molar-refractivity contribution in [2.45, 2.75) is 26.8 Å². The highest BCUT2D eigenvalue weighted by Gasteiger charge is 2.17. The molecule has 0 bridgehead atoms. The van der Waals surface area contributed by atoms with E-state index >= 15 is 0 Å². The maximum Gasteiger partial charge on any atom is 0.284 e. The fourth-order valence-corrected chi connectivity index (χ4v) is 2.58. The van der Waals surface area contributed by atoms with Crippen LogP contribution in [0.15, 0.2) is 24.3 Å². The highest BCUT2D eigenvalue weighted by Crippen LogP contribution is 2.17. The topological polar surface area (TPSA) is 58.1 Å². The van der Waals surface area contributed by atoms with Gasteiger partial charge in [0.2, 0.25) is 10.1 Å². The third-order valence-corrected chi connectivity index (χ3v) is 3.89. The number of anilines is 1. The third-order valence-electron chi connectivity index (χ3n) is 3.02. The molecule has 0 saturated heterocycles. The average molecular weight is 304 g/mol. The SMILES string of the molecule is CCCNc1nnc(C(=O)N(C)Cc2ccc(C)cc2)s1. The molecule has 112 valence electrons. The first-order valence-corrected chi connectivity index (χ1v) is 7.80. The molecule has 1 aromatic carbocycles. The first-order valence-electron chi connectivity index (χ1n) is 6.98. The molecule has 0 spiro atoms. The van der Waals surface area contributed by atoms with E-state index in [2.05, 4.69) is 22.4 Å². The Hall–Kier alpha value is -1.95. The molecule has 21 heavy (non-hydrogen) atoms. The molecule has 1 aromatic heterocycles. The van der Waals surface area contributed by atoms with E-state index in [-0.39, 0.29) is 5.91 Å². The lowest BCUT2D eigenvalue weighted by atomic mass is 10.1. The number of rotatable bonds is 6. The van der Waals surface area contributed by atoms with Crippen molar-refractivity contribution in [3.63, 3.8) is 0 Å². The zero-order valence-electron chi connectivity index (χ0n) is 12.6. The number of nitrogens with zero attached hydrogens (tertiary/aromatic N) is 3. The molecule has 0 unspecified atom stereocenters. The molecule has 1 heterocycles. The molecule has 0 fully saturated rings. The molecule has 5 nitrogen and oxygen atoms in total. The maximum atomic E-state index is 12.3. The van der Waals surface area contributed by atoms with Gasteiger partial charge in [-0.3, -0.25) is 4.79 Å². The number of aryl methyl sites for hydroxylation is 1. The molecule has 0 aliphatic carbocycles. The van der Waals surface area contributed by atoms with Gasteiger partial charge in [-0.05, 0) is 18.9 Å². The van der Waals surface area contributed by atoms with Crippen LogP contribution in [0.5, 0.6) is 0 Å². The lowest BCUT2D eigenvalue weighted by Gasteiger charge is -2.15. The molecule has 0 saturated carbocycles. The van der Waals surface area contributed by atoms with Gasteiger partial charge in [-0.1, -0.05) is 48.1 Å². The maximum absolute atomic E-state index is 12.3. The highest BCUT2D eigenvalue weighted by atomic mass is 32.1. The number of hydrogen-bond acceptors (Lipinski definition) is 5. The minimum Gasteiger partial charge on any atom is -0.360 e. The van der Waals surface area contributed by atoms with Crippen molar-refractivity contribution in [3.8, 4) is 0 Å². The van der Waals surface area contributed by atoms with E-state index in [4.69, 9.17) is 0 Å². The summed E-state index contributed by atoms with van der Waals surface area (Å²) in [4.78, 5) is 14.0. The van der Waals surface area contributed by atoms with Crippen LogP contribution < -0.4 is 5.32 Å². The predicted octanol–water partition coefficient (Wildman–Crippen LogP) is 2.94. The smallest absolute Gasteiger partial charge is 0.284 e. The van der Waals surface area contributed by atoms with Crippen molar-refractivity contribution in [1.82, 2.24) is 15.1 Å². The van der Waals surface area contributed by atoms with Crippen LogP contribution in [-0.2, 0) is 6.54 Å². The number of carbonyl (C=O) groups is 1. The van der Waals surface area contributed by atoms with E-state index in [0.717, 1.165) is 18.5 Å². The Labute approximate surface area is 129 Å². The lowest BCUT2D eigenvalue weighted by Crippen LogP contribution is -2.26. The van der Waals surface area contributed by atoms with Gasteiger partial charge < -0.3 is 10.2 Å². The Kier molecular flexibility index (Phi) is 5.27. The Balaban J connectivity index is 1.98. The highest BCUT2D eigenvalue weighted by molar-refractivity contribution is 7.17. The second-order valence-electron chi connectivity index (χ2n) is 4.99. The minimum absolute atomic E-state index is 0.0994. The fourth-order valence-electron chi connectivity index (χ4n) is 1.82. The van der Waals surface area contributed by atoms with Crippen LogP contribution in [0, 0.1) is 6.92 Å². The van der Waals surface area contributed by atoms with Crippen molar-refractivity contribution >= 4 is 22.4 Å². The van der Waals surface area contributed by atoms with Gasteiger partial charge in [0.15, 0.2) is 0 Å². The van der Waals surface area contributed by atoms with Gasteiger partial charge in [0, 0.05) is 20.1 Å².